The Balaban J connectivity index is 1.60. The van der Waals surface area contributed by atoms with E-state index >= 15 is 0 Å². The standard InChI is InChI=1S/C16H25N3O3/c1-10-5-7-16(8-6-10)14(21)19(15(22)18-16)9-13(20)17-11(2)12-3-4-12/h10-12H,3-9H2,1-2H3,(H,17,20)(H,18,22)/t10?,11-,16?/m0/s1. The van der Waals surface area contributed by atoms with E-state index < -0.39 is 11.6 Å². The summed E-state index contributed by atoms with van der Waals surface area (Å²) in [7, 11) is 0. The van der Waals surface area contributed by atoms with Crippen LogP contribution in [0.15, 0.2) is 0 Å². The highest BCUT2D eigenvalue weighted by atomic mass is 16.2. The lowest BCUT2D eigenvalue weighted by Gasteiger charge is -2.33. The molecule has 3 aliphatic rings. The van der Waals surface area contributed by atoms with Crippen molar-refractivity contribution in [1.82, 2.24) is 15.5 Å². The normalized spacial score (nSPS) is 33.0. The number of rotatable bonds is 4. The summed E-state index contributed by atoms with van der Waals surface area (Å²) in [5.74, 6) is 0.674. The van der Waals surface area contributed by atoms with Crippen molar-refractivity contribution in [2.24, 2.45) is 11.8 Å². The van der Waals surface area contributed by atoms with Crippen LogP contribution in [-0.2, 0) is 9.59 Å². The number of nitrogens with one attached hydrogen (secondary N) is 2. The predicted molar refractivity (Wildman–Crippen MR) is 80.9 cm³/mol. The minimum Gasteiger partial charge on any atom is -0.352 e. The molecule has 1 saturated heterocycles. The van der Waals surface area contributed by atoms with Crippen molar-refractivity contribution in [1.29, 1.82) is 0 Å². The van der Waals surface area contributed by atoms with Crippen LogP contribution in [0.4, 0.5) is 4.79 Å². The van der Waals surface area contributed by atoms with Gasteiger partial charge >= 0.3 is 6.03 Å². The number of amides is 4. The average Bonchev–Trinajstić information content (AvgIpc) is 3.28. The van der Waals surface area contributed by atoms with Crippen LogP contribution in [0.1, 0.15) is 52.4 Å². The Hall–Kier alpha value is -1.59. The summed E-state index contributed by atoms with van der Waals surface area (Å²) in [5.41, 5.74) is -0.758. The minimum absolute atomic E-state index is 0.123. The molecular formula is C16H25N3O3. The Morgan fingerprint density at radius 3 is 2.55 bits per heavy atom. The fourth-order valence-corrected chi connectivity index (χ4v) is 3.57. The Kier molecular flexibility index (Phi) is 3.87. The average molecular weight is 307 g/mol. The molecule has 6 nitrogen and oxygen atoms in total. The zero-order valence-corrected chi connectivity index (χ0v) is 13.4. The van der Waals surface area contributed by atoms with E-state index in [4.69, 9.17) is 0 Å². The van der Waals surface area contributed by atoms with E-state index in [0.717, 1.165) is 30.6 Å². The van der Waals surface area contributed by atoms with Gasteiger partial charge < -0.3 is 10.6 Å². The number of imide groups is 1. The van der Waals surface area contributed by atoms with E-state index in [-0.39, 0.29) is 24.4 Å². The van der Waals surface area contributed by atoms with Crippen LogP contribution in [0, 0.1) is 11.8 Å². The van der Waals surface area contributed by atoms with Gasteiger partial charge in [0, 0.05) is 6.04 Å². The number of nitrogens with zero attached hydrogens (tertiary/aromatic N) is 1. The van der Waals surface area contributed by atoms with Crippen LogP contribution >= 0.6 is 0 Å². The van der Waals surface area contributed by atoms with Crippen LogP contribution < -0.4 is 10.6 Å². The van der Waals surface area contributed by atoms with Crippen molar-refractivity contribution in [3.05, 3.63) is 0 Å². The molecule has 3 fully saturated rings. The molecule has 1 heterocycles. The summed E-state index contributed by atoms with van der Waals surface area (Å²) in [6.07, 6.45) is 5.51. The zero-order chi connectivity index (χ0) is 15.9. The first kappa shape index (κ1) is 15.3. The van der Waals surface area contributed by atoms with E-state index in [1.165, 1.54) is 0 Å². The molecule has 6 heteroatoms. The summed E-state index contributed by atoms with van der Waals surface area (Å²) in [6.45, 7) is 3.98. The highest BCUT2D eigenvalue weighted by molar-refractivity contribution is 6.09. The van der Waals surface area contributed by atoms with Gasteiger partial charge in [-0.25, -0.2) is 4.79 Å². The lowest BCUT2D eigenvalue weighted by molar-refractivity contribution is -0.136. The first-order valence-electron chi connectivity index (χ1n) is 8.35. The van der Waals surface area contributed by atoms with Crippen molar-refractivity contribution >= 4 is 17.8 Å². The van der Waals surface area contributed by atoms with Gasteiger partial charge in [-0.05, 0) is 57.3 Å². The van der Waals surface area contributed by atoms with Crippen molar-refractivity contribution in [3.63, 3.8) is 0 Å². The van der Waals surface area contributed by atoms with Crippen molar-refractivity contribution in [2.75, 3.05) is 6.54 Å². The highest BCUT2D eigenvalue weighted by Gasteiger charge is 2.52. The quantitative estimate of drug-likeness (QED) is 0.771. The van der Waals surface area contributed by atoms with E-state index in [0.29, 0.717) is 24.7 Å². The second-order valence-corrected chi connectivity index (χ2v) is 7.28. The molecule has 122 valence electrons. The van der Waals surface area contributed by atoms with Crippen LogP contribution in [0.3, 0.4) is 0 Å². The topological polar surface area (TPSA) is 78.5 Å². The molecule has 1 atom stereocenters. The van der Waals surface area contributed by atoms with Gasteiger partial charge in [-0.15, -0.1) is 0 Å². The fraction of sp³-hybridized carbons (Fsp3) is 0.812. The third-order valence-corrected chi connectivity index (χ3v) is 5.39. The molecule has 0 aromatic heterocycles. The smallest absolute Gasteiger partial charge is 0.325 e. The zero-order valence-electron chi connectivity index (χ0n) is 13.4. The van der Waals surface area contributed by atoms with Gasteiger partial charge in [-0.1, -0.05) is 6.92 Å². The molecule has 3 rings (SSSR count). The van der Waals surface area contributed by atoms with Crippen LogP contribution in [0.25, 0.3) is 0 Å². The van der Waals surface area contributed by atoms with Gasteiger partial charge in [-0.3, -0.25) is 14.5 Å². The Morgan fingerprint density at radius 1 is 1.32 bits per heavy atom. The molecule has 0 aromatic rings. The maximum Gasteiger partial charge on any atom is 0.325 e. The molecule has 22 heavy (non-hydrogen) atoms. The fourth-order valence-electron chi connectivity index (χ4n) is 3.57. The summed E-state index contributed by atoms with van der Waals surface area (Å²) in [6, 6.07) is -0.300. The molecule has 0 aromatic carbocycles. The summed E-state index contributed by atoms with van der Waals surface area (Å²) in [4.78, 5) is 37.9. The van der Waals surface area contributed by atoms with Crippen LogP contribution in [-0.4, -0.2) is 40.9 Å². The Morgan fingerprint density at radius 2 is 1.95 bits per heavy atom. The Bertz CT molecular complexity index is 493. The maximum atomic E-state index is 12.6. The van der Waals surface area contributed by atoms with Crippen LogP contribution in [0.5, 0.6) is 0 Å². The first-order chi connectivity index (χ1) is 10.4. The largest absolute Gasteiger partial charge is 0.352 e. The lowest BCUT2D eigenvalue weighted by Crippen LogP contribution is -2.50. The molecule has 2 aliphatic carbocycles. The number of hydrogen-bond donors (Lipinski definition) is 2. The van der Waals surface area contributed by atoms with Crippen molar-refractivity contribution < 1.29 is 14.4 Å². The number of carbonyl (C=O) groups excluding carboxylic acids is 3. The predicted octanol–water partition coefficient (Wildman–Crippen LogP) is 1.40. The number of hydrogen-bond acceptors (Lipinski definition) is 3. The van der Waals surface area contributed by atoms with Crippen molar-refractivity contribution in [3.8, 4) is 0 Å². The molecule has 1 aliphatic heterocycles. The number of urea groups is 1. The molecule has 2 N–H and O–H groups in total. The molecule has 4 amide bonds. The van der Waals surface area contributed by atoms with E-state index in [9.17, 15) is 14.4 Å². The van der Waals surface area contributed by atoms with Gasteiger partial charge in [0.1, 0.15) is 12.1 Å². The second-order valence-electron chi connectivity index (χ2n) is 7.28. The molecular weight excluding hydrogens is 282 g/mol. The third-order valence-electron chi connectivity index (χ3n) is 5.39. The maximum absolute atomic E-state index is 12.6. The van der Waals surface area contributed by atoms with Gasteiger partial charge in [0.2, 0.25) is 5.91 Å². The monoisotopic (exact) mass is 307 g/mol. The SMILES string of the molecule is CC1CCC2(CC1)NC(=O)N(CC(=O)N[C@@H](C)C1CC1)C2=O. The Labute approximate surface area is 131 Å². The lowest BCUT2D eigenvalue weighted by atomic mass is 9.77. The summed E-state index contributed by atoms with van der Waals surface area (Å²) in [5, 5.41) is 5.74. The van der Waals surface area contributed by atoms with Crippen molar-refractivity contribution in [2.45, 2.75) is 64.0 Å². The molecule has 0 unspecified atom stereocenters. The first-order valence-corrected chi connectivity index (χ1v) is 8.35. The van der Waals surface area contributed by atoms with E-state index in [1.807, 2.05) is 6.92 Å². The van der Waals surface area contributed by atoms with Gasteiger partial charge in [0.05, 0.1) is 0 Å². The van der Waals surface area contributed by atoms with Gasteiger partial charge in [0.25, 0.3) is 5.91 Å². The molecule has 1 spiro atoms. The van der Waals surface area contributed by atoms with Gasteiger partial charge in [0.15, 0.2) is 0 Å². The molecule has 0 bridgehead atoms. The molecule has 0 radical (unpaired) electrons. The van der Waals surface area contributed by atoms with Gasteiger partial charge in [-0.2, -0.15) is 0 Å². The summed E-state index contributed by atoms with van der Waals surface area (Å²) >= 11 is 0. The third kappa shape index (κ3) is 2.83. The minimum atomic E-state index is -0.758. The summed E-state index contributed by atoms with van der Waals surface area (Å²) < 4.78 is 0. The molecule has 2 saturated carbocycles. The van der Waals surface area contributed by atoms with E-state index in [2.05, 4.69) is 17.6 Å². The van der Waals surface area contributed by atoms with E-state index in [1.54, 1.807) is 0 Å². The second kappa shape index (κ2) is 5.56. The number of carbonyl (C=O) groups is 3. The highest BCUT2D eigenvalue weighted by Crippen LogP contribution is 2.36. The van der Waals surface area contributed by atoms with Crippen LogP contribution in [0.2, 0.25) is 0 Å².